The van der Waals surface area contributed by atoms with Crippen molar-refractivity contribution in [2.45, 2.75) is 79.1 Å². The third kappa shape index (κ3) is 5.32. The average Bonchev–Trinajstić information content (AvgIpc) is 3.14. The van der Waals surface area contributed by atoms with Gasteiger partial charge in [0.2, 0.25) is 0 Å². The highest BCUT2D eigenvalue weighted by Crippen LogP contribution is 2.31. The lowest BCUT2D eigenvalue weighted by Crippen LogP contribution is -2.57. The Bertz CT molecular complexity index is 705. The van der Waals surface area contributed by atoms with Crippen LogP contribution in [0.3, 0.4) is 0 Å². The Balaban J connectivity index is 1.60. The molecule has 178 valence electrons. The van der Waals surface area contributed by atoms with Gasteiger partial charge in [-0.1, -0.05) is 20.8 Å². The van der Waals surface area contributed by atoms with Crippen molar-refractivity contribution < 1.29 is 4.74 Å². The number of hydrogen-bond donors (Lipinski definition) is 0. The van der Waals surface area contributed by atoms with Gasteiger partial charge in [0.15, 0.2) is 0 Å². The number of rotatable bonds is 9. The summed E-state index contributed by atoms with van der Waals surface area (Å²) in [5.74, 6) is 3.41. The molecule has 1 saturated heterocycles. The van der Waals surface area contributed by atoms with Gasteiger partial charge in [-0.3, -0.25) is 14.7 Å². The molecule has 3 rings (SSSR count). The van der Waals surface area contributed by atoms with Gasteiger partial charge in [-0.05, 0) is 39.5 Å². The quantitative estimate of drug-likeness (QED) is 0.596. The first-order valence-electron chi connectivity index (χ1n) is 12.2. The molecule has 1 fully saturated rings. The molecule has 0 radical (unpaired) electrons. The molecule has 2 aliphatic rings. The van der Waals surface area contributed by atoms with E-state index in [9.17, 15) is 0 Å². The van der Waals surface area contributed by atoms with Gasteiger partial charge in [0.05, 0.1) is 13.2 Å². The zero-order chi connectivity index (χ0) is 22.8. The number of methoxy groups -OCH3 is 1. The number of nitrogens with zero attached hydrogens (tertiary/aromatic N) is 6. The summed E-state index contributed by atoms with van der Waals surface area (Å²) in [5.41, 5.74) is 0.318. The third-order valence-electron chi connectivity index (χ3n) is 8.55. The van der Waals surface area contributed by atoms with Crippen LogP contribution in [0.25, 0.3) is 0 Å². The molecular formula is C24H46N6O. The van der Waals surface area contributed by atoms with Crippen LogP contribution in [0.15, 0.2) is 0 Å². The molecule has 3 heterocycles. The normalized spacial score (nSPS) is 20.9. The van der Waals surface area contributed by atoms with Gasteiger partial charge in [-0.2, -0.15) is 0 Å². The Morgan fingerprint density at radius 3 is 2.13 bits per heavy atom. The van der Waals surface area contributed by atoms with E-state index >= 15 is 0 Å². The second-order valence-corrected chi connectivity index (χ2v) is 11.0. The average molecular weight is 435 g/mol. The van der Waals surface area contributed by atoms with E-state index in [1.807, 2.05) is 0 Å². The minimum Gasteiger partial charge on any atom is -0.383 e. The lowest BCUT2D eigenvalue weighted by Gasteiger charge is -2.47. The highest BCUT2D eigenvalue weighted by molar-refractivity contribution is 5.04. The van der Waals surface area contributed by atoms with Crippen molar-refractivity contribution in [1.82, 2.24) is 29.5 Å². The number of aromatic nitrogens is 3. The van der Waals surface area contributed by atoms with Crippen LogP contribution < -0.4 is 0 Å². The third-order valence-corrected chi connectivity index (χ3v) is 8.55. The SMILES string of the molecule is COCCN1CCN(C(C)(C)C(C)Cc2nnc3n2CCN(C(C)(C)C(C)C)C3)CC1. The highest BCUT2D eigenvalue weighted by Gasteiger charge is 2.37. The van der Waals surface area contributed by atoms with Crippen molar-refractivity contribution in [2.24, 2.45) is 11.8 Å². The zero-order valence-corrected chi connectivity index (χ0v) is 21.3. The summed E-state index contributed by atoms with van der Waals surface area (Å²) in [6.07, 6.45) is 0.984. The second-order valence-electron chi connectivity index (χ2n) is 11.0. The van der Waals surface area contributed by atoms with Crippen LogP contribution in [-0.4, -0.2) is 93.5 Å². The van der Waals surface area contributed by atoms with E-state index in [4.69, 9.17) is 4.74 Å². The topological polar surface area (TPSA) is 49.7 Å². The molecule has 7 heteroatoms. The smallest absolute Gasteiger partial charge is 0.147 e. The first-order valence-corrected chi connectivity index (χ1v) is 12.2. The molecule has 2 aliphatic heterocycles. The van der Waals surface area contributed by atoms with E-state index in [0.29, 0.717) is 11.8 Å². The summed E-state index contributed by atoms with van der Waals surface area (Å²) < 4.78 is 7.64. The molecule has 1 atom stereocenters. The standard InChI is InChI=1S/C24H46N6O/c1-19(2)23(4,5)29-13-14-30-21(25-26-22(30)18-29)17-20(3)24(6,7)28-11-9-27(10-12-28)15-16-31-8/h19-20H,9-18H2,1-8H3. The molecule has 0 bridgehead atoms. The van der Waals surface area contributed by atoms with E-state index in [1.165, 1.54) is 0 Å². The maximum absolute atomic E-state index is 5.24. The summed E-state index contributed by atoms with van der Waals surface area (Å²) in [6, 6.07) is 0. The summed E-state index contributed by atoms with van der Waals surface area (Å²) >= 11 is 0. The molecule has 0 aromatic carbocycles. The summed E-state index contributed by atoms with van der Waals surface area (Å²) in [6.45, 7) is 25.9. The monoisotopic (exact) mass is 434 g/mol. The van der Waals surface area contributed by atoms with E-state index < -0.39 is 0 Å². The van der Waals surface area contributed by atoms with Gasteiger partial charge >= 0.3 is 0 Å². The van der Waals surface area contributed by atoms with Crippen molar-refractivity contribution in [3.8, 4) is 0 Å². The fraction of sp³-hybridized carbons (Fsp3) is 0.917. The number of ether oxygens (including phenoxy) is 1. The van der Waals surface area contributed by atoms with Crippen LogP contribution in [0.5, 0.6) is 0 Å². The predicted molar refractivity (Wildman–Crippen MR) is 126 cm³/mol. The number of hydrogen-bond acceptors (Lipinski definition) is 6. The van der Waals surface area contributed by atoms with E-state index in [-0.39, 0.29) is 11.1 Å². The molecule has 0 N–H and O–H groups in total. The van der Waals surface area contributed by atoms with Gasteiger partial charge in [-0.25, -0.2) is 0 Å². The van der Waals surface area contributed by atoms with E-state index in [1.54, 1.807) is 7.11 Å². The van der Waals surface area contributed by atoms with Gasteiger partial charge in [0.1, 0.15) is 11.6 Å². The molecule has 31 heavy (non-hydrogen) atoms. The minimum absolute atomic E-state index is 0.139. The molecule has 0 spiro atoms. The van der Waals surface area contributed by atoms with Crippen molar-refractivity contribution in [2.75, 3.05) is 53.0 Å². The van der Waals surface area contributed by atoms with Crippen LogP contribution in [0, 0.1) is 11.8 Å². The van der Waals surface area contributed by atoms with E-state index in [2.05, 4.69) is 77.9 Å². The second kappa shape index (κ2) is 9.86. The molecule has 0 aliphatic carbocycles. The van der Waals surface area contributed by atoms with Crippen molar-refractivity contribution in [3.63, 3.8) is 0 Å². The fourth-order valence-electron chi connectivity index (χ4n) is 4.83. The van der Waals surface area contributed by atoms with Crippen molar-refractivity contribution in [1.29, 1.82) is 0 Å². The highest BCUT2D eigenvalue weighted by atomic mass is 16.5. The first-order chi connectivity index (χ1) is 14.6. The van der Waals surface area contributed by atoms with Crippen LogP contribution in [0.1, 0.15) is 60.1 Å². The fourth-order valence-corrected chi connectivity index (χ4v) is 4.83. The number of piperazine rings is 1. The van der Waals surface area contributed by atoms with Crippen LogP contribution in [0.4, 0.5) is 0 Å². The zero-order valence-electron chi connectivity index (χ0n) is 21.3. The Hall–Kier alpha value is -1.02. The van der Waals surface area contributed by atoms with Crippen LogP contribution in [-0.2, 0) is 24.2 Å². The van der Waals surface area contributed by atoms with Crippen LogP contribution in [0.2, 0.25) is 0 Å². The first kappa shape index (κ1) is 24.6. The summed E-state index contributed by atoms with van der Waals surface area (Å²) in [5, 5.41) is 9.25. The molecular weight excluding hydrogens is 388 g/mol. The van der Waals surface area contributed by atoms with Crippen LogP contribution >= 0.6 is 0 Å². The van der Waals surface area contributed by atoms with Gasteiger partial charge in [0.25, 0.3) is 0 Å². The lowest BCUT2D eigenvalue weighted by atomic mass is 9.84. The number of fused-ring (bicyclic) bond motifs is 1. The largest absolute Gasteiger partial charge is 0.383 e. The predicted octanol–water partition coefficient (Wildman–Crippen LogP) is 2.75. The Morgan fingerprint density at radius 1 is 0.871 bits per heavy atom. The Morgan fingerprint density at radius 2 is 1.52 bits per heavy atom. The van der Waals surface area contributed by atoms with Gasteiger partial charge in [-0.15, -0.1) is 10.2 Å². The Kier molecular flexibility index (Phi) is 7.83. The van der Waals surface area contributed by atoms with Crippen molar-refractivity contribution in [3.05, 3.63) is 11.6 Å². The molecule has 0 saturated carbocycles. The van der Waals surface area contributed by atoms with Gasteiger partial charge in [0, 0.05) is 70.4 Å². The molecule has 1 aromatic heterocycles. The maximum atomic E-state index is 5.24. The summed E-state index contributed by atoms with van der Waals surface area (Å²) in [7, 11) is 1.78. The maximum Gasteiger partial charge on any atom is 0.147 e. The molecule has 0 amide bonds. The van der Waals surface area contributed by atoms with Crippen molar-refractivity contribution >= 4 is 0 Å². The lowest BCUT2D eigenvalue weighted by molar-refractivity contribution is 0.0135. The Labute approximate surface area is 190 Å². The summed E-state index contributed by atoms with van der Waals surface area (Å²) in [4.78, 5) is 7.75. The molecule has 7 nitrogen and oxygen atoms in total. The van der Waals surface area contributed by atoms with E-state index in [0.717, 1.165) is 77.0 Å². The minimum atomic E-state index is 0.139. The molecule has 1 aromatic rings. The van der Waals surface area contributed by atoms with Gasteiger partial charge < -0.3 is 9.30 Å². The molecule has 1 unspecified atom stereocenters.